The summed E-state index contributed by atoms with van der Waals surface area (Å²) >= 11 is 13.5. The molecular formula is C13H16Cl2N2O2S. The number of hydrogen-bond acceptors (Lipinski definition) is 3. The second-order valence-electron chi connectivity index (χ2n) is 4.80. The second-order valence-corrected chi connectivity index (χ2v) is 6.75. The zero-order valence-corrected chi connectivity index (χ0v) is 13.1. The molecule has 2 rings (SSSR count). The lowest BCUT2D eigenvalue weighted by Crippen LogP contribution is -2.46. The highest BCUT2D eigenvalue weighted by Gasteiger charge is 2.31. The van der Waals surface area contributed by atoms with Crippen molar-refractivity contribution in [3.8, 4) is 0 Å². The lowest BCUT2D eigenvalue weighted by Gasteiger charge is -2.21. The molecule has 0 spiro atoms. The smallest absolute Gasteiger partial charge is 0.315 e. The average molecular weight is 335 g/mol. The molecule has 1 fully saturated rings. The van der Waals surface area contributed by atoms with Crippen molar-refractivity contribution in [2.75, 3.05) is 18.1 Å². The van der Waals surface area contributed by atoms with Crippen LogP contribution in [0.4, 0.5) is 4.79 Å². The molecule has 0 saturated carbocycles. The molecule has 0 aromatic heterocycles. The van der Waals surface area contributed by atoms with Gasteiger partial charge < -0.3 is 15.7 Å². The maximum Gasteiger partial charge on any atom is 0.315 e. The molecule has 1 heterocycles. The molecule has 7 heteroatoms. The molecule has 20 heavy (non-hydrogen) atoms. The number of amides is 2. The van der Waals surface area contributed by atoms with Gasteiger partial charge in [-0.05, 0) is 29.9 Å². The van der Waals surface area contributed by atoms with Crippen LogP contribution >= 0.6 is 35.0 Å². The number of aliphatic hydroxyl groups is 1. The number of carbonyl (C=O) groups is 1. The summed E-state index contributed by atoms with van der Waals surface area (Å²) in [6.07, 6.45) is 0.709. The number of benzene rings is 1. The van der Waals surface area contributed by atoms with E-state index < -0.39 is 5.60 Å². The van der Waals surface area contributed by atoms with Crippen molar-refractivity contribution in [2.45, 2.75) is 18.6 Å². The minimum absolute atomic E-state index is 0.264. The first-order valence-corrected chi connectivity index (χ1v) is 8.15. The number of nitrogens with one attached hydrogen (secondary N) is 2. The van der Waals surface area contributed by atoms with E-state index in [9.17, 15) is 9.90 Å². The van der Waals surface area contributed by atoms with Crippen molar-refractivity contribution >= 4 is 41.0 Å². The quantitative estimate of drug-likeness (QED) is 0.793. The Hall–Kier alpha value is -0.620. The molecule has 1 aromatic rings. The molecule has 0 unspecified atom stereocenters. The van der Waals surface area contributed by atoms with E-state index in [2.05, 4.69) is 10.6 Å². The Morgan fingerprint density at radius 1 is 1.40 bits per heavy atom. The van der Waals surface area contributed by atoms with Gasteiger partial charge in [-0.2, -0.15) is 11.8 Å². The number of halogens is 2. The van der Waals surface area contributed by atoms with Gasteiger partial charge in [0.2, 0.25) is 0 Å². The summed E-state index contributed by atoms with van der Waals surface area (Å²) in [5.74, 6) is 1.59. The maximum atomic E-state index is 11.7. The Balaban J connectivity index is 1.77. The third kappa shape index (κ3) is 4.45. The highest BCUT2D eigenvalue weighted by Crippen LogP contribution is 2.26. The van der Waals surface area contributed by atoms with Gasteiger partial charge in [0.05, 0.1) is 5.60 Å². The Morgan fingerprint density at radius 2 is 2.20 bits per heavy atom. The van der Waals surface area contributed by atoms with Crippen LogP contribution in [-0.4, -0.2) is 34.8 Å². The predicted molar refractivity (Wildman–Crippen MR) is 83.6 cm³/mol. The molecule has 110 valence electrons. The number of hydrogen-bond donors (Lipinski definition) is 3. The van der Waals surface area contributed by atoms with Crippen LogP contribution in [0, 0.1) is 0 Å². The van der Waals surface area contributed by atoms with E-state index >= 15 is 0 Å². The minimum atomic E-state index is -0.778. The fraction of sp³-hybridized carbons (Fsp3) is 0.462. The first-order valence-electron chi connectivity index (χ1n) is 6.24. The molecule has 0 bridgehead atoms. The van der Waals surface area contributed by atoms with Crippen LogP contribution in [0.1, 0.15) is 12.0 Å². The van der Waals surface area contributed by atoms with E-state index in [0.29, 0.717) is 28.8 Å². The van der Waals surface area contributed by atoms with Crippen LogP contribution in [0.2, 0.25) is 10.0 Å². The summed E-state index contributed by atoms with van der Waals surface area (Å²) in [6, 6.07) is 4.81. The molecule has 0 radical (unpaired) electrons. The van der Waals surface area contributed by atoms with Crippen molar-refractivity contribution in [3.63, 3.8) is 0 Å². The van der Waals surface area contributed by atoms with Gasteiger partial charge in [0.1, 0.15) is 0 Å². The normalized spacial score (nSPS) is 21.8. The number of carbonyl (C=O) groups excluding carboxylic acids is 1. The molecule has 0 aliphatic carbocycles. The lowest BCUT2D eigenvalue weighted by atomic mass is 10.0. The van der Waals surface area contributed by atoms with Crippen LogP contribution in [0.15, 0.2) is 18.2 Å². The van der Waals surface area contributed by atoms with Gasteiger partial charge in [-0.1, -0.05) is 29.3 Å². The zero-order valence-electron chi connectivity index (χ0n) is 10.8. The summed E-state index contributed by atoms with van der Waals surface area (Å²) in [6.45, 7) is 0.579. The molecule has 1 saturated heterocycles. The van der Waals surface area contributed by atoms with Crippen LogP contribution in [0.3, 0.4) is 0 Å². The SMILES string of the molecule is O=C(NCc1ccc(Cl)cc1Cl)NC[C@]1(O)CCSC1. The van der Waals surface area contributed by atoms with Crippen molar-refractivity contribution < 1.29 is 9.90 Å². The fourth-order valence-corrected chi connectivity index (χ4v) is 3.65. The molecule has 1 aliphatic rings. The van der Waals surface area contributed by atoms with Gasteiger partial charge >= 0.3 is 6.03 Å². The molecule has 2 amide bonds. The first-order chi connectivity index (χ1) is 9.48. The van der Waals surface area contributed by atoms with Crippen molar-refractivity contribution in [1.29, 1.82) is 0 Å². The number of rotatable bonds is 4. The first kappa shape index (κ1) is 15.8. The van der Waals surface area contributed by atoms with Gasteiger partial charge in [0.15, 0.2) is 0 Å². The third-order valence-electron chi connectivity index (χ3n) is 3.12. The Morgan fingerprint density at radius 3 is 2.85 bits per heavy atom. The van der Waals surface area contributed by atoms with Gasteiger partial charge in [0, 0.05) is 28.9 Å². The molecule has 3 N–H and O–H groups in total. The molecule has 1 aliphatic heterocycles. The fourth-order valence-electron chi connectivity index (χ4n) is 1.88. The standard InChI is InChI=1S/C13H16Cl2N2O2S/c14-10-2-1-9(11(15)5-10)6-16-12(18)17-7-13(19)3-4-20-8-13/h1-2,5,19H,3-4,6-8H2,(H2,16,17,18)/t13-/m1/s1. The Labute approximate surface area is 132 Å². The molecular weight excluding hydrogens is 319 g/mol. The van der Waals surface area contributed by atoms with Gasteiger partial charge in [-0.25, -0.2) is 4.79 Å². The second kappa shape index (κ2) is 6.89. The van der Waals surface area contributed by atoms with E-state index in [1.54, 1.807) is 30.0 Å². The van der Waals surface area contributed by atoms with Crippen molar-refractivity contribution in [1.82, 2.24) is 10.6 Å². The Kier molecular flexibility index (Phi) is 5.43. The number of thioether (sulfide) groups is 1. The van der Waals surface area contributed by atoms with Crippen LogP contribution in [0.5, 0.6) is 0 Å². The number of urea groups is 1. The van der Waals surface area contributed by atoms with Gasteiger partial charge in [0.25, 0.3) is 0 Å². The molecule has 4 nitrogen and oxygen atoms in total. The highest BCUT2D eigenvalue weighted by molar-refractivity contribution is 7.99. The van der Waals surface area contributed by atoms with E-state index in [-0.39, 0.29) is 12.6 Å². The predicted octanol–water partition coefficient (Wildman–Crippen LogP) is 2.66. The molecule has 1 atom stereocenters. The summed E-state index contributed by atoms with van der Waals surface area (Å²) in [5, 5.41) is 16.6. The minimum Gasteiger partial charge on any atom is -0.387 e. The molecule has 1 aromatic carbocycles. The van der Waals surface area contributed by atoms with Crippen molar-refractivity contribution in [2.24, 2.45) is 0 Å². The summed E-state index contributed by atoms with van der Waals surface area (Å²) in [5.41, 5.74) is 0.0151. The van der Waals surface area contributed by atoms with E-state index in [4.69, 9.17) is 23.2 Å². The summed E-state index contributed by atoms with van der Waals surface area (Å²) in [4.78, 5) is 11.7. The van der Waals surface area contributed by atoms with Crippen LogP contribution in [-0.2, 0) is 6.54 Å². The van der Waals surface area contributed by atoms with Crippen molar-refractivity contribution in [3.05, 3.63) is 33.8 Å². The van der Waals surface area contributed by atoms with Crippen LogP contribution in [0.25, 0.3) is 0 Å². The monoisotopic (exact) mass is 334 g/mol. The third-order valence-corrected chi connectivity index (χ3v) is 4.94. The Bertz CT molecular complexity index is 493. The maximum absolute atomic E-state index is 11.7. The van der Waals surface area contributed by atoms with Gasteiger partial charge in [-0.15, -0.1) is 0 Å². The average Bonchev–Trinajstić information content (AvgIpc) is 2.83. The highest BCUT2D eigenvalue weighted by atomic mass is 35.5. The lowest BCUT2D eigenvalue weighted by molar-refractivity contribution is 0.0700. The van der Waals surface area contributed by atoms with Crippen LogP contribution < -0.4 is 10.6 Å². The topological polar surface area (TPSA) is 61.4 Å². The summed E-state index contributed by atoms with van der Waals surface area (Å²) < 4.78 is 0. The largest absolute Gasteiger partial charge is 0.387 e. The van der Waals surface area contributed by atoms with E-state index in [1.807, 2.05) is 0 Å². The van der Waals surface area contributed by atoms with E-state index in [0.717, 1.165) is 11.3 Å². The zero-order chi connectivity index (χ0) is 14.6. The van der Waals surface area contributed by atoms with Gasteiger partial charge in [-0.3, -0.25) is 0 Å². The summed E-state index contributed by atoms with van der Waals surface area (Å²) in [7, 11) is 0. The van der Waals surface area contributed by atoms with E-state index in [1.165, 1.54) is 0 Å².